The van der Waals surface area contributed by atoms with E-state index in [-0.39, 0.29) is 5.56 Å². The molecule has 1 aliphatic rings. The molecule has 0 saturated carbocycles. The van der Waals surface area contributed by atoms with Crippen molar-refractivity contribution in [3.63, 3.8) is 0 Å². The van der Waals surface area contributed by atoms with Gasteiger partial charge in [0.1, 0.15) is 0 Å². The lowest BCUT2D eigenvalue weighted by molar-refractivity contribution is 0.168. The zero-order valence-corrected chi connectivity index (χ0v) is 12.7. The van der Waals surface area contributed by atoms with Crippen molar-refractivity contribution in [1.29, 1.82) is 0 Å². The molecule has 3 rings (SSSR count). The first-order valence-electron chi connectivity index (χ1n) is 7.30. The Kier molecular flexibility index (Phi) is 4.31. The van der Waals surface area contributed by atoms with E-state index in [4.69, 9.17) is 12.2 Å². The Morgan fingerprint density at radius 1 is 1.24 bits per heavy atom. The van der Waals surface area contributed by atoms with Crippen LogP contribution in [-0.2, 0) is 6.54 Å². The van der Waals surface area contributed by atoms with Gasteiger partial charge in [-0.25, -0.2) is 0 Å². The Balaban J connectivity index is 1.74. The summed E-state index contributed by atoms with van der Waals surface area (Å²) in [6.45, 7) is 3.05. The maximum Gasteiger partial charge on any atom is 0.251 e. The minimum absolute atomic E-state index is 0.131. The van der Waals surface area contributed by atoms with E-state index in [1.54, 1.807) is 6.07 Å². The fourth-order valence-electron chi connectivity index (χ4n) is 2.96. The topological polar surface area (TPSA) is 41.0 Å². The number of nitrogens with zero attached hydrogens (tertiary/aromatic N) is 2. The van der Waals surface area contributed by atoms with Crippen molar-refractivity contribution in [2.75, 3.05) is 13.1 Å². The van der Waals surface area contributed by atoms with Crippen molar-refractivity contribution in [2.45, 2.75) is 25.4 Å². The summed E-state index contributed by atoms with van der Waals surface area (Å²) in [6.07, 6.45) is 4.07. The molecule has 2 aromatic rings. The molecule has 4 nitrogen and oxygen atoms in total. The van der Waals surface area contributed by atoms with E-state index in [0.717, 1.165) is 32.5 Å². The van der Waals surface area contributed by atoms with Crippen LogP contribution >= 0.6 is 12.2 Å². The molecule has 1 aromatic heterocycles. The maximum atomic E-state index is 11.3. The number of aromatic nitrogens is 2. The van der Waals surface area contributed by atoms with Gasteiger partial charge in [-0.15, -0.1) is 0 Å². The number of benzene rings is 1. The Bertz CT molecular complexity index is 707. The van der Waals surface area contributed by atoms with Gasteiger partial charge in [0, 0.05) is 31.4 Å². The predicted molar refractivity (Wildman–Crippen MR) is 85.9 cm³/mol. The molecule has 21 heavy (non-hydrogen) atoms. The molecular formula is C16H19N3OS. The average Bonchev–Trinajstić information content (AvgIpc) is 2.48. The van der Waals surface area contributed by atoms with Crippen molar-refractivity contribution < 1.29 is 0 Å². The molecule has 1 atom stereocenters. The Morgan fingerprint density at radius 2 is 2.05 bits per heavy atom. The number of nitrogens with one attached hydrogen (secondary N) is 1. The molecule has 0 bridgehead atoms. The fraction of sp³-hybridized carbons (Fsp3) is 0.375. The largest absolute Gasteiger partial charge is 0.321 e. The number of rotatable bonds is 3. The van der Waals surface area contributed by atoms with Crippen LogP contribution in [0.5, 0.6) is 0 Å². The molecule has 0 amide bonds. The number of aromatic amines is 1. The summed E-state index contributed by atoms with van der Waals surface area (Å²) in [5.74, 6) is 0. The van der Waals surface area contributed by atoms with Crippen LogP contribution in [-0.4, -0.2) is 27.5 Å². The summed E-state index contributed by atoms with van der Waals surface area (Å²) >= 11 is 5.28. The van der Waals surface area contributed by atoms with Crippen LogP contribution in [0.3, 0.4) is 0 Å². The van der Waals surface area contributed by atoms with Crippen molar-refractivity contribution in [2.24, 2.45) is 0 Å². The highest BCUT2D eigenvalue weighted by Gasteiger charge is 2.21. The molecule has 1 unspecified atom stereocenters. The summed E-state index contributed by atoms with van der Waals surface area (Å²) in [5.41, 5.74) is 1.21. The number of likely N-dealkylation sites (tertiary alicyclic amines) is 1. The van der Waals surface area contributed by atoms with E-state index >= 15 is 0 Å². The highest BCUT2D eigenvalue weighted by molar-refractivity contribution is 7.71. The third kappa shape index (κ3) is 3.49. The predicted octanol–water partition coefficient (Wildman–Crippen LogP) is 2.74. The fourth-order valence-corrected chi connectivity index (χ4v) is 3.27. The number of H-pyrrole nitrogens is 1. The average molecular weight is 301 g/mol. The molecule has 1 aromatic carbocycles. The second kappa shape index (κ2) is 6.37. The van der Waals surface area contributed by atoms with Crippen molar-refractivity contribution in [1.82, 2.24) is 14.5 Å². The molecule has 5 heteroatoms. The van der Waals surface area contributed by atoms with Gasteiger partial charge in [-0.1, -0.05) is 30.3 Å². The SMILES string of the molecule is O=c1ccn(C2CCCN(Cc3ccccc3)C2)c(=S)[nH]1. The van der Waals surface area contributed by atoms with E-state index < -0.39 is 0 Å². The molecule has 110 valence electrons. The summed E-state index contributed by atoms with van der Waals surface area (Å²) in [4.78, 5) is 16.4. The van der Waals surface area contributed by atoms with Gasteiger partial charge >= 0.3 is 0 Å². The van der Waals surface area contributed by atoms with Crippen molar-refractivity contribution in [3.05, 3.63) is 63.3 Å². The van der Waals surface area contributed by atoms with Crippen LogP contribution in [0.2, 0.25) is 0 Å². The summed E-state index contributed by atoms with van der Waals surface area (Å²) < 4.78 is 2.54. The summed E-state index contributed by atoms with van der Waals surface area (Å²) in [5, 5.41) is 0. The number of piperidine rings is 1. The monoisotopic (exact) mass is 301 g/mol. The van der Waals surface area contributed by atoms with Gasteiger partial charge in [0.25, 0.3) is 5.56 Å². The standard InChI is InChI=1S/C16H19N3OS/c20-15-8-10-19(16(21)17-15)14-7-4-9-18(12-14)11-13-5-2-1-3-6-13/h1-3,5-6,8,10,14H,4,7,9,11-12H2,(H,17,20,21). The zero-order valence-electron chi connectivity index (χ0n) is 11.9. The smallest absolute Gasteiger partial charge is 0.251 e. The molecule has 2 heterocycles. The van der Waals surface area contributed by atoms with Gasteiger partial charge in [-0.05, 0) is 37.2 Å². The van der Waals surface area contributed by atoms with Gasteiger partial charge < -0.3 is 4.57 Å². The van der Waals surface area contributed by atoms with Crippen LogP contribution in [0.25, 0.3) is 0 Å². The number of hydrogen-bond acceptors (Lipinski definition) is 3. The van der Waals surface area contributed by atoms with Crippen LogP contribution in [0, 0.1) is 4.77 Å². The van der Waals surface area contributed by atoms with Gasteiger partial charge in [0.05, 0.1) is 0 Å². The molecule has 1 aliphatic heterocycles. The second-order valence-corrected chi connectivity index (χ2v) is 5.92. The minimum Gasteiger partial charge on any atom is -0.321 e. The van der Waals surface area contributed by atoms with Gasteiger partial charge in [0.2, 0.25) is 0 Å². The first kappa shape index (κ1) is 14.2. The third-order valence-corrected chi connectivity index (χ3v) is 4.29. The van der Waals surface area contributed by atoms with Gasteiger partial charge in [-0.2, -0.15) is 0 Å². The molecular weight excluding hydrogens is 282 g/mol. The molecule has 0 aliphatic carbocycles. The summed E-state index contributed by atoms with van der Waals surface area (Å²) in [6, 6.07) is 12.4. The van der Waals surface area contributed by atoms with E-state index in [9.17, 15) is 4.79 Å². The highest BCUT2D eigenvalue weighted by Crippen LogP contribution is 2.22. The maximum absolute atomic E-state index is 11.3. The molecule has 0 radical (unpaired) electrons. The highest BCUT2D eigenvalue weighted by atomic mass is 32.1. The summed E-state index contributed by atoms with van der Waals surface area (Å²) in [7, 11) is 0. The first-order chi connectivity index (χ1) is 10.2. The molecule has 1 fully saturated rings. The van der Waals surface area contributed by atoms with E-state index in [1.807, 2.05) is 16.8 Å². The quantitative estimate of drug-likeness (QED) is 0.886. The van der Waals surface area contributed by atoms with Crippen molar-refractivity contribution >= 4 is 12.2 Å². The van der Waals surface area contributed by atoms with E-state index in [2.05, 4.69) is 34.1 Å². The third-order valence-electron chi connectivity index (χ3n) is 3.97. The van der Waals surface area contributed by atoms with Crippen LogP contribution in [0.15, 0.2) is 47.4 Å². The van der Waals surface area contributed by atoms with E-state index in [1.165, 1.54) is 5.56 Å². The van der Waals surface area contributed by atoms with Crippen LogP contribution in [0.1, 0.15) is 24.4 Å². The lowest BCUT2D eigenvalue weighted by atomic mass is 10.0. The Labute approximate surface area is 129 Å². The minimum atomic E-state index is -0.131. The van der Waals surface area contributed by atoms with E-state index in [0.29, 0.717) is 10.8 Å². The van der Waals surface area contributed by atoms with Gasteiger partial charge in [0.15, 0.2) is 4.77 Å². The normalized spacial score (nSPS) is 19.5. The molecule has 1 N–H and O–H groups in total. The Hall–Kier alpha value is -1.72. The Morgan fingerprint density at radius 3 is 2.81 bits per heavy atom. The lowest BCUT2D eigenvalue weighted by Gasteiger charge is -2.33. The molecule has 0 spiro atoms. The molecule has 1 saturated heterocycles. The van der Waals surface area contributed by atoms with Crippen LogP contribution < -0.4 is 5.56 Å². The van der Waals surface area contributed by atoms with Gasteiger partial charge in [-0.3, -0.25) is 14.7 Å². The lowest BCUT2D eigenvalue weighted by Crippen LogP contribution is -2.36. The second-order valence-electron chi connectivity index (χ2n) is 5.53. The van der Waals surface area contributed by atoms with Crippen molar-refractivity contribution in [3.8, 4) is 0 Å². The van der Waals surface area contributed by atoms with Crippen LogP contribution in [0.4, 0.5) is 0 Å². The first-order valence-corrected chi connectivity index (χ1v) is 7.71. The zero-order chi connectivity index (χ0) is 14.7. The number of hydrogen-bond donors (Lipinski definition) is 1.